The molecule has 0 amide bonds. The van der Waals surface area contributed by atoms with Gasteiger partial charge in [-0.25, -0.2) is 8.42 Å². The van der Waals surface area contributed by atoms with E-state index < -0.39 is 31.9 Å². The average Bonchev–Trinajstić information content (AvgIpc) is 2.58. The number of halogens is 1. The maximum absolute atomic E-state index is 14.8. The predicted molar refractivity (Wildman–Crippen MR) is 109 cm³/mol. The number of rotatable bonds is 4. The van der Waals surface area contributed by atoms with Crippen LogP contribution in [0.15, 0.2) is 30.3 Å². The molecular formula is C20H21FN2O5S. The number of nitrogens with zero attached hydrogens (tertiary/aromatic N) is 1. The number of nitro groups is 1. The predicted octanol–water partition coefficient (Wildman–Crippen LogP) is 3.81. The number of methoxy groups -OCH3 is 1. The number of benzene rings is 2. The Morgan fingerprint density at radius 3 is 2.21 bits per heavy atom. The molecule has 154 valence electrons. The molecule has 1 N–H and O–H groups in total. The van der Waals surface area contributed by atoms with Gasteiger partial charge in [0.15, 0.2) is 0 Å². The smallest absolute Gasteiger partial charge is 0.306 e. The molecule has 0 radical (unpaired) electrons. The molecule has 29 heavy (non-hydrogen) atoms. The molecule has 2 aromatic rings. The molecule has 2 rings (SSSR count). The Kier molecular flexibility index (Phi) is 6.18. The largest absolute Gasteiger partial charge is 0.495 e. The van der Waals surface area contributed by atoms with Crippen molar-refractivity contribution in [3.05, 3.63) is 63.0 Å². The second-order valence-corrected chi connectivity index (χ2v) is 9.12. The van der Waals surface area contributed by atoms with Gasteiger partial charge in [-0.2, -0.15) is 4.39 Å². The summed E-state index contributed by atoms with van der Waals surface area (Å²) in [6.45, 7) is 5.49. The minimum Gasteiger partial charge on any atom is -0.495 e. The fraction of sp³-hybridized carbons (Fsp3) is 0.300. The minimum atomic E-state index is -3.41. The highest BCUT2D eigenvalue weighted by molar-refractivity contribution is 7.92. The Balaban J connectivity index is 2.58. The second-order valence-electron chi connectivity index (χ2n) is 7.37. The number of anilines is 1. The molecule has 9 heteroatoms. The van der Waals surface area contributed by atoms with Crippen LogP contribution in [0.3, 0.4) is 0 Å². The third kappa shape index (κ3) is 5.45. The highest BCUT2D eigenvalue weighted by Gasteiger charge is 2.30. The third-order valence-electron chi connectivity index (χ3n) is 3.93. The van der Waals surface area contributed by atoms with Gasteiger partial charge in [0.1, 0.15) is 11.3 Å². The van der Waals surface area contributed by atoms with Crippen LogP contribution in [-0.2, 0) is 15.4 Å². The maximum atomic E-state index is 14.8. The monoisotopic (exact) mass is 420 g/mol. The van der Waals surface area contributed by atoms with Crippen LogP contribution in [0.25, 0.3) is 0 Å². The molecule has 0 saturated carbocycles. The fourth-order valence-corrected chi connectivity index (χ4v) is 3.18. The number of nitrogens with one attached hydrogen (secondary N) is 1. The summed E-state index contributed by atoms with van der Waals surface area (Å²) in [7, 11) is -2.05. The van der Waals surface area contributed by atoms with Crippen molar-refractivity contribution < 1.29 is 22.5 Å². The molecule has 2 aromatic carbocycles. The van der Waals surface area contributed by atoms with Crippen molar-refractivity contribution in [2.24, 2.45) is 0 Å². The summed E-state index contributed by atoms with van der Waals surface area (Å²) in [6, 6.07) is 7.28. The van der Waals surface area contributed by atoms with Gasteiger partial charge in [-0.1, -0.05) is 32.6 Å². The molecule has 7 nitrogen and oxygen atoms in total. The zero-order valence-electron chi connectivity index (χ0n) is 16.7. The first-order valence-electron chi connectivity index (χ1n) is 8.48. The molecule has 0 atom stereocenters. The molecule has 0 unspecified atom stereocenters. The van der Waals surface area contributed by atoms with E-state index >= 15 is 0 Å². The van der Waals surface area contributed by atoms with E-state index in [1.54, 1.807) is 12.1 Å². The average molecular weight is 420 g/mol. The summed E-state index contributed by atoms with van der Waals surface area (Å²) >= 11 is 0. The van der Waals surface area contributed by atoms with Gasteiger partial charge in [-0.15, -0.1) is 0 Å². The summed E-state index contributed by atoms with van der Waals surface area (Å²) in [6.07, 6.45) is 1.03. The fourth-order valence-electron chi connectivity index (χ4n) is 2.61. The molecule has 0 aliphatic rings. The Hall–Kier alpha value is -3.12. The van der Waals surface area contributed by atoms with E-state index in [4.69, 9.17) is 4.74 Å². The van der Waals surface area contributed by atoms with Crippen LogP contribution < -0.4 is 9.46 Å². The van der Waals surface area contributed by atoms with E-state index in [2.05, 4.69) is 16.6 Å². The molecule has 0 saturated heterocycles. The summed E-state index contributed by atoms with van der Waals surface area (Å²) in [5, 5.41) is 11.3. The molecule has 0 heterocycles. The van der Waals surface area contributed by atoms with Crippen LogP contribution in [0.4, 0.5) is 15.8 Å². The van der Waals surface area contributed by atoms with Gasteiger partial charge in [0.2, 0.25) is 15.8 Å². The number of sulfonamides is 1. The summed E-state index contributed by atoms with van der Waals surface area (Å²) in [4.78, 5) is 10.5. The molecule has 0 aromatic heterocycles. The zero-order valence-corrected chi connectivity index (χ0v) is 17.5. The van der Waals surface area contributed by atoms with Crippen molar-refractivity contribution in [1.29, 1.82) is 0 Å². The van der Waals surface area contributed by atoms with Crippen LogP contribution in [0.1, 0.15) is 37.5 Å². The van der Waals surface area contributed by atoms with Crippen LogP contribution in [0.2, 0.25) is 0 Å². The minimum absolute atomic E-state index is 0.142. The number of hydrogen-bond acceptors (Lipinski definition) is 5. The standard InChI is InChI=1S/C20H21FN2O5S/c1-20(2,3)16-12-17(23(24)25)18(21)15(19(16)28-4)11-8-13-6-9-14(10-7-13)22-29(5,26)27/h6-7,9-10,12,22H,1-5H3. The van der Waals surface area contributed by atoms with Gasteiger partial charge in [-0.3, -0.25) is 14.8 Å². The van der Waals surface area contributed by atoms with Crippen molar-refractivity contribution >= 4 is 21.4 Å². The molecule has 0 spiro atoms. The molecular weight excluding hydrogens is 399 g/mol. The quantitative estimate of drug-likeness (QED) is 0.461. The van der Waals surface area contributed by atoms with Gasteiger partial charge >= 0.3 is 5.69 Å². The van der Waals surface area contributed by atoms with Crippen LogP contribution >= 0.6 is 0 Å². The Morgan fingerprint density at radius 1 is 1.17 bits per heavy atom. The lowest BCUT2D eigenvalue weighted by Crippen LogP contribution is -2.15. The van der Waals surface area contributed by atoms with E-state index in [0.29, 0.717) is 16.8 Å². The second kappa shape index (κ2) is 8.09. The van der Waals surface area contributed by atoms with Gasteiger partial charge in [0.25, 0.3) is 0 Å². The van der Waals surface area contributed by atoms with Crippen molar-refractivity contribution in [2.75, 3.05) is 18.1 Å². The number of nitro benzene ring substituents is 1. The van der Waals surface area contributed by atoms with E-state index in [-0.39, 0.29) is 11.3 Å². The van der Waals surface area contributed by atoms with Crippen LogP contribution in [0.5, 0.6) is 5.75 Å². The molecule has 0 fully saturated rings. The first kappa shape index (κ1) is 22.2. The van der Waals surface area contributed by atoms with Crippen molar-refractivity contribution in [1.82, 2.24) is 0 Å². The number of hydrogen-bond donors (Lipinski definition) is 1. The summed E-state index contributed by atoms with van der Waals surface area (Å²) < 4.78 is 45.0. The molecule has 0 bridgehead atoms. The summed E-state index contributed by atoms with van der Waals surface area (Å²) in [5.41, 5.74) is -0.136. The van der Waals surface area contributed by atoms with Crippen LogP contribution in [-0.4, -0.2) is 26.7 Å². The Bertz CT molecular complexity index is 1110. The normalized spacial score (nSPS) is 11.4. The maximum Gasteiger partial charge on any atom is 0.306 e. The highest BCUT2D eigenvalue weighted by atomic mass is 32.2. The van der Waals surface area contributed by atoms with Gasteiger partial charge in [-0.05, 0) is 29.7 Å². The lowest BCUT2D eigenvalue weighted by molar-refractivity contribution is -0.387. The Morgan fingerprint density at radius 2 is 1.76 bits per heavy atom. The molecule has 0 aliphatic carbocycles. The lowest BCUT2D eigenvalue weighted by Gasteiger charge is -2.23. The number of ether oxygens (including phenoxy) is 1. The van der Waals surface area contributed by atoms with Gasteiger partial charge < -0.3 is 4.74 Å². The summed E-state index contributed by atoms with van der Waals surface area (Å²) in [5.74, 6) is 4.45. The van der Waals surface area contributed by atoms with E-state index in [1.165, 1.54) is 25.3 Å². The van der Waals surface area contributed by atoms with Crippen LogP contribution in [0, 0.1) is 27.8 Å². The molecule has 0 aliphatic heterocycles. The van der Waals surface area contributed by atoms with Crippen molar-refractivity contribution in [3.8, 4) is 17.6 Å². The van der Waals surface area contributed by atoms with Crippen molar-refractivity contribution in [3.63, 3.8) is 0 Å². The van der Waals surface area contributed by atoms with Gasteiger partial charge in [0, 0.05) is 22.9 Å². The first-order valence-corrected chi connectivity index (χ1v) is 10.4. The lowest BCUT2D eigenvalue weighted by atomic mass is 9.84. The van der Waals surface area contributed by atoms with Crippen molar-refractivity contribution in [2.45, 2.75) is 26.2 Å². The van der Waals surface area contributed by atoms with E-state index in [9.17, 15) is 22.9 Å². The Labute approximate surface area is 169 Å². The zero-order chi connectivity index (χ0) is 22.0. The first-order chi connectivity index (χ1) is 13.3. The third-order valence-corrected chi connectivity index (χ3v) is 4.53. The van der Waals surface area contributed by atoms with E-state index in [1.807, 2.05) is 20.8 Å². The van der Waals surface area contributed by atoms with Gasteiger partial charge in [0.05, 0.1) is 18.3 Å². The topological polar surface area (TPSA) is 98.5 Å². The highest BCUT2D eigenvalue weighted by Crippen LogP contribution is 2.39. The SMILES string of the molecule is COc1c(C(C)(C)C)cc([N+](=O)[O-])c(F)c1C#Cc1ccc(NS(C)(=O)=O)cc1. The van der Waals surface area contributed by atoms with E-state index in [0.717, 1.165) is 6.26 Å².